The predicted octanol–water partition coefficient (Wildman–Crippen LogP) is 4.42. The van der Waals surface area contributed by atoms with E-state index in [2.05, 4.69) is 20.8 Å². The molecule has 3 heterocycles. The number of nitrogens with zero attached hydrogens (tertiary/aromatic N) is 3. The van der Waals surface area contributed by atoms with Gasteiger partial charge in [0.2, 0.25) is 5.75 Å². The summed E-state index contributed by atoms with van der Waals surface area (Å²) >= 11 is 0. The number of aromatic nitrogens is 2. The van der Waals surface area contributed by atoms with Crippen molar-refractivity contribution < 1.29 is 18.7 Å². The second-order valence-electron chi connectivity index (χ2n) is 8.56. The Balaban J connectivity index is 1.60. The van der Waals surface area contributed by atoms with Crippen molar-refractivity contribution in [3.8, 4) is 39.8 Å². The first-order chi connectivity index (χ1) is 15.7. The van der Waals surface area contributed by atoms with Gasteiger partial charge in [-0.2, -0.15) is 0 Å². The van der Waals surface area contributed by atoms with E-state index >= 15 is 0 Å². The molecule has 0 unspecified atom stereocenters. The Morgan fingerprint density at radius 1 is 0.938 bits per heavy atom. The van der Waals surface area contributed by atoms with Crippen molar-refractivity contribution in [1.29, 1.82) is 0 Å². The maximum atomic E-state index is 5.66. The van der Waals surface area contributed by atoms with Gasteiger partial charge in [-0.1, -0.05) is 11.6 Å². The average molecular weight is 438 g/mol. The van der Waals surface area contributed by atoms with Crippen molar-refractivity contribution in [2.24, 2.45) is 0 Å². The highest BCUT2D eigenvalue weighted by molar-refractivity contribution is 5.80. The molecule has 7 nitrogen and oxygen atoms in total. The van der Waals surface area contributed by atoms with Crippen LogP contribution in [0.15, 0.2) is 29.0 Å². The first-order valence-electron chi connectivity index (χ1n) is 11.4. The van der Waals surface area contributed by atoms with Gasteiger partial charge in [-0.3, -0.25) is 0 Å². The van der Waals surface area contributed by atoms with Gasteiger partial charge >= 0.3 is 0 Å². The molecule has 32 heavy (non-hydrogen) atoms. The maximum Gasteiger partial charge on any atom is 0.203 e. The number of hydrogen-bond donors (Lipinski definition) is 0. The normalized spacial score (nSPS) is 15.8. The van der Waals surface area contributed by atoms with Crippen LogP contribution >= 0.6 is 0 Å². The molecule has 0 saturated carbocycles. The quantitative estimate of drug-likeness (QED) is 0.545. The van der Waals surface area contributed by atoms with E-state index in [1.165, 1.54) is 49.2 Å². The summed E-state index contributed by atoms with van der Waals surface area (Å²) in [6, 6.07) is 4.09. The predicted molar refractivity (Wildman–Crippen MR) is 123 cm³/mol. The number of fused-ring (bicyclic) bond motifs is 3. The molecule has 1 fully saturated rings. The Morgan fingerprint density at radius 3 is 2.38 bits per heavy atom. The first-order valence-corrected chi connectivity index (χ1v) is 11.4. The summed E-state index contributed by atoms with van der Waals surface area (Å²) < 4.78 is 24.9. The van der Waals surface area contributed by atoms with E-state index in [-0.39, 0.29) is 0 Å². The number of hydrogen-bond acceptors (Lipinski definition) is 6. The van der Waals surface area contributed by atoms with E-state index in [1.807, 2.05) is 18.3 Å². The van der Waals surface area contributed by atoms with Gasteiger partial charge in [0.1, 0.15) is 0 Å². The number of methoxy groups -OCH3 is 3. The molecule has 2 aliphatic rings. The second kappa shape index (κ2) is 8.90. The number of rotatable bonds is 7. The lowest BCUT2D eigenvalue weighted by molar-refractivity contribution is 0.221. The monoisotopic (exact) mass is 437 g/mol. The van der Waals surface area contributed by atoms with Crippen molar-refractivity contribution >= 4 is 0 Å². The third-order valence-corrected chi connectivity index (χ3v) is 6.76. The van der Waals surface area contributed by atoms with E-state index in [0.29, 0.717) is 17.2 Å². The Kier molecular flexibility index (Phi) is 5.83. The smallest absolute Gasteiger partial charge is 0.203 e. The molecule has 7 heteroatoms. The van der Waals surface area contributed by atoms with Gasteiger partial charge in [0.05, 0.1) is 33.2 Å². The van der Waals surface area contributed by atoms with Gasteiger partial charge in [0.25, 0.3) is 0 Å². The third-order valence-electron chi connectivity index (χ3n) is 6.76. The molecule has 0 atom stereocenters. The van der Waals surface area contributed by atoms with Crippen LogP contribution in [0.5, 0.6) is 17.2 Å². The number of piperidine rings is 1. The average Bonchev–Trinajstić information content (AvgIpc) is 3.46. The summed E-state index contributed by atoms with van der Waals surface area (Å²) in [4.78, 5) is 2.57. The molecule has 1 aromatic carbocycles. The van der Waals surface area contributed by atoms with Gasteiger partial charge in [0.15, 0.2) is 17.3 Å². The van der Waals surface area contributed by atoms with Gasteiger partial charge < -0.3 is 28.2 Å². The number of benzene rings is 1. The Morgan fingerprint density at radius 2 is 1.69 bits per heavy atom. The topological polar surface area (TPSA) is 61.9 Å². The van der Waals surface area contributed by atoms with Crippen molar-refractivity contribution in [2.45, 2.75) is 38.6 Å². The van der Waals surface area contributed by atoms with E-state index in [0.717, 1.165) is 42.8 Å². The molecule has 5 rings (SSSR count). The zero-order chi connectivity index (χ0) is 22.1. The van der Waals surface area contributed by atoms with Gasteiger partial charge in [-0.05, 0) is 56.5 Å². The number of aryl methyl sites for hydroxylation is 1. The molecule has 0 spiro atoms. The molecule has 1 aliphatic carbocycles. The zero-order valence-electron chi connectivity index (χ0n) is 19.1. The van der Waals surface area contributed by atoms with Crippen LogP contribution in [0, 0.1) is 0 Å². The molecule has 0 radical (unpaired) electrons. The fraction of sp³-hybridized carbons (Fsp3) is 0.480. The summed E-state index contributed by atoms with van der Waals surface area (Å²) in [5.41, 5.74) is 5.87. The van der Waals surface area contributed by atoms with Crippen LogP contribution in [0.3, 0.4) is 0 Å². The highest BCUT2D eigenvalue weighted by Gasteiger charge is 2.28. The molecule has 0 amide bonds. The Hall–Kier alpha value is -2.93. The van der Waals surface area contributed by atoms with Crippen LogP contribution in [0.1, 0.15) is 30.4 Å². The fourth-order valence-corrected chi connectivity index (χ4v) is 5.13. The molecule has 0 N–H and O–H groups in total. The fourth-order valence-electron chi connectivity index (χ4n) is 5.13. The van der Waals surface area contributed by atoms with Crippen LogP contribution in [-0.4, -0.2) is 55.6 Å². The summed E-state index contributed by atoms with van der Waals surface area (Å²) in [7, 11) is 4.95. The van der Waals surface area contributed by atoms with E-state index < -0.39 is 0 Å². The maximum absolute atomic E-state index is 5.66. The van der Waals surface area contributed by atoms with Crippen molar-refractivity contribution in [3.05, 3.63) is 35.7 Å². The third kappa shape index (κ3) is 3.64. The molecule has 2 aromatic heterocycles. The summed E-state index contributed by atoms with van der Waals surface area (Å²) in [5.74, 6) is 2.83. The lowest BCUT2D eigenvalue weighted by Crippen LogP contribution is -2.32. The van der Waals surface area contributed by atoms with E-state index in [9.17, 15) is 0 Å². The molecule has 1 saturated heterocycles. The first kappa shape index (κ1) is 20.9. The van der Waals surface area contributed by atoms with Gasteiger partial charge in [-0.15, -0.1) is 0 Å². The number of ether oxygens (including phenoxy) is 3. The van der Waals surface area contributed by atoms with Crippen LogP contribution in [-0.2, 0) is 19.4 Å². The van der Waals surface area contributed by atoms with Gasteiger partial charge in [0, 0.05) is 36.0 Å². The molecule has 0 bridgehead atoms. The minimum atomic E-state index is 0.608. The van der Waals surface area contributed by atoms with Crippen molar-refractivity contribution in [2.75, 3.05) is 41.0 Å². The minimum absolute atomic E-state index is 0.608. The minimum Gasteiger partial charge on any atom is -0.493 e. The standard InChI is InChI=1S/C25H31N3O4/c1-29-21-13-18(14-22(30-2)25(21)31-3)23-19-8-7-17-15-26-32-24(17)20(19)16-28(23)12-11-27-9-5-4-6-10-27/h13-16H,4-12H2,1-3H3. The SMILES string of the molecule is COc1cc(-c2c3c(cn2CCN2CCCCC2)-c2oncc2CC3)cc(OC)c1OC. The molecular formula is C25H31N3O4. The van der Waals surface area contributed by atoms with Crippen LogP contribution in [0.25, 0.3) is 22.6 Å². The highest BCUT2D eigenvalue weighted by atomic mass is 16.5. The summed E-state index contributed by atoms with van der Waals surface area (Å²) in [6.07, 6.45) is 9.90. The van der Waals surface area contributed by atoms with E-state index in [4.69, 9.17) is 18.7 Å². The Bertz CT molecular complexity index is 1070. The summed E-state index contributed by atoms with van der Waals surface area (Å²) in [5, 5.41) is 4.06. The summed E-state index contributed by atoms with van der Waals surface area (Å²) in [6.45, 7) is 4.33. The lowest BCUT2D eigenvalue weighted by atomic mass is 9.91. The van der Waals surface area contributed by atoms with Crippen LogP contribution < -0.4 is 14.2 Å². The zero-order valence-corrected chi connectivity index (χ0v) is 19.1. The van der Waals surface area contributed by atoms with Crippen LogP contribution in [0.4, 0.5) is 0 Å². The molecule has 3 aromatic rings. The van der Waals surface area contributed by atoms with Crippen LogP contribution in [0.2, 0.25) is 0 Å². The number of likely N-dealkylation sites (tertiary alicyclic amines) is 1. The Labute approximate surface area is 188 Å². The second-order valence-corrected chi connectivity index (χ2v) is 8.56. The lowest BCUT2D eigenvalue weighted by Gasteiger charge is -2.27. The highest BCUT2D eigenvalue weighted by Crippen LogP contribution is 2.45. The van der Waals surface area contributed by atoms with Crippen molar-refractivity contribution in [3.63, 3.8) is 0 Å². The van der Waals surface area contributed by atoms with Gasteiger partial charge in [-0.25, -0.2) is 0 Å². The van der Waals surface area contributed by atoms with Crippen molar-refractivity contribution in [1.82, 2.24) is 14.6 Å². The molecule has 1 aliphatic heterocycles. The largest absolute Gasteiger partial charge is 0.493 e. The molecular weight excluding hydrogens is 406 g/mol. The molecule has 170 valence electrons. The van der Waals surface area contributed by atoms with E-state index in [1.54, 1.807) is 21.3 Å².